The molecule has 2 N–H and O–H groups in total. The summed E-state index contributed by atoms with van der Waals surface area (Å²) in [7, 11) is 0. The summed E-state index contributed by atoms with van der Waals surface area (Å²) < 4.78 is 4.69. The quantitative estimate of drug-likeness (QED) is 0.746. The van der Waals surface area contributed by atoms with Gasteiger partial charge in [-0.15, -0.1) is 11.3 Å². The average Bonchev–Trinajstić information content (AvgIpc) is 3.23. The smallest absolute Gasteiger partial charge is 0.426 e. The van der Waals surface area contributed by atoms with Crippen molar-refractivity contribution < 1.29 is 19.1 Å². The lowest BCUT2D eigenvalue weighted by atomic mass is 9.87. The Labute approximate surface area is 169 Å². The number of nitrogens with one attached hydrogen (secondary N) is 2. The van der Waals surface area contributed by atoms with Crippen molar-refractivity contribution in [3.63, 3.8) is 0 Å². The van der Waals surface area contributed by atoms with Crippen LogP contribution in [0.25, 0.3) is 0 Å². The minimum Gasteiger partial charge on any atom is -0.449 e. The Morgan fingerprint density at radius 1 is 1.14 bits per heavy atom. The average molecular weight is 409 g/mol. The number of hydrazine groups is 1. The number of likely N-dealkylation sites (tertiary alicyclic amines) is 1. The highest BCUT2D eigenvalue weighted by Gasteiger charge is 2.30. The number of amides is 3. The monoisotopic (exact) mass is 408 g/mol. The van der Waals surface area contributed by atoms with Gasteiger partial charge in [0.05, 0.1) is 11.6 Å². The van der Waals surface area contributed by atoms with E-state index in [4.69, 9.17) is 0 Å². The van der Waals surface area contributed by atoms with Crippen LogP contribution in [0.4, 0.5) is 4.79 Å². The lowest BCUT2D eigenvalue weighted by Crippen LogP contribution is -2.42. The highest BCUT2D eigenvalue weighted by molar-refractivity contribution is 7.09. The van der Waals surface area contributed by atoms with Crippen molar-refractivity contribution in [2.75, 3.05) is 19.7 Å². The summed E-state index contributed by atoms with van der Waals surface area (Å²) in [6.45, 7) is 3.42. The van der Waals surface area contributed by atoms with Crippen LogP contribution in [0.15, 0.2) is 5.38 Å². The van der Waals surface area contributed by atoms with Crippen LogP contribution >= 0.6 is 11.3 Å². The van der Waals surface area contributed by atoms with Gasteiger partial charge in [-0.05, 0) is 32.6 Å². The highest BCUT2D eigenvalue weighted by Crippen LogP contribution is 2.32. The third-order valence-corrected chi connectivity index (χ3v) is 6.43. The second-order valence-corrected chi connectivity index (χ2v) is 8.19. The van der Waals surface area contributed by atoms with Gasteiger partial charge in [-0.2, -0.15) is 0 Å². The molecule has 0 bridgehead atoms. The van der Waals surface area contributed by atoms with Crippen molar-refractivity contribution in [1.29, 1.82) is 0 Å². The van der Waals surface area contributed by atoms with Crippen LogP contribution in [0.5, 0.6) is 0 Å². The molecule has 1 aromatic rings. The number of hydrogen-bond acceptors (Lipinski definition) is 6. The number of carbonyl (C=O) groups excluding carboxylic acids is 3. The lowest BCUT2D eigenvalue weighted by molar-refractivity contribution is -0.137. The van der Waals surface area contributed by atoms with Crippen molar-refractivity contribution in [2.45, 2.75) is 57.8 Å². The molecule has 9 heteroatoms. The summed E-state index contributed by atoms with van der Waals surface area (Å²) in [4.78, 5) is 42.4. The van der Waals surface area contributed by atoms with Gasteiger partial charge in [0, 0.05) is 30.3 Å². The molecular formula is C19H28N4O4S. The molecule has 1 aromatic heterocycles. The fourth-order valence-corrected chi connectivity index (χ4v) is 4.84. The number of thiazole rings is 1. The molecule has 0 spiro atoms. The molecular weight excluding hydrogens is 380 g/mol. The van der Waals surface area contributed by atoms with Crippen LogP contribution in [0.2, 0.25) is 0 Å². The molecule has 3 amide bonds. The molecule has 0 unspecified atom stereocenters. The molecule has 2 heterocycles. The molecule has 0 aromatic carbocycles. The zero-order chi connectivity index (χ0) is 19.9. The Hall–Kier alpha value is -2.16. The van der Waals surface area contributed by atoms with E-state index in [1.54, 1.807) is 12.3 Å². The molecule has 1 saturated carbocycles. The Morgan fingerprint density at radius 3 is 2.54 bits per heavy atom. The molecule has 1 aliphatic carbocycles. The highest BCUT2D eigenvalue weighted by atomic mass is 32.1. The van der Waals surface area contributed by atoms with E-state index in [0.717, 1.165) is 43.8 Å². The van der Waals surface area contributed by atoms with Gasteiger partial charge >= 0.3 is 6.09 Å². The molecule has 8 nitrogen and oxygen atoms in total. The molecule has 1 saturated heterocycles. The normalized spacial score (nSPS) is 18.5. The van der Waals surface area contributed by atoms with Crippen molar-refractivity contribution >= 4 is 29.2 Å². The maximum absolute atomic E-state index is 12.7. The van der Waals surface area contributed by atoms with Gasteiger partial charge in [0.2, 0.25) is 5.91 Å². The van der Waals surface area contributed by atoms with Crippen molar-refractivity contribution in [1.82, 2.24) is 20.7 Å². The number of hydrogen-bond donors (Lipinski definition) is 2. The number of rotatable bonds is 4. The van der Waals surface area contributed by atoms with E-state index < -0.39 is 12.0 Å². The zero-order valence-electron chi connectivity index (χ0n) is 16.2. The third-order valence-electron chi connectivity index (χ3n) is 5.42. The number of ether oxygens (including phenoxy) is 1. The second-order valence-electron chi connectivity index (χ2n) is 7.31. The van der Waals surface area contributed by atoms with E-state index in [9.17, 15) is 14.4 Å². The zero-order valence-corrected chi connectivity index (χ0v) is 17.1. The maximum atomic E-state index is 12.7. The fraction of sp³-hybridized carbons (Fsp3) is 0.684. The first-order valence-corrected chi connectivity index (χ1v) is 10.9. The maximum Gasteiger partial charge on any atom is 0.426 e. The number of piperidine rings is 1. The van der Waals surface area contributed by atoms with Crippen molar-refractivity contribution in [2.24, 2.45) is 5.92 Å². The van der Waals surface area contributed by atoms with E-state index in [0.29, 0.717) is 5.91 Å². The molecule has 154 valence electrons. The second kappa shape index (κ2) is 9.86. The molecule has 2 fully saturated rings. The van der Waals surface area contributed by atoms with E-state index in [-0.39, 0.29) is 24.1 Å². The first-order valence-electron chi connectivity index (χ1n) is 10.1. The predicted octanol–water partition coefficient (Wildman–Crippen LogP) is 2.82. The van der Waals surface area contributed by atoms with Crippen LogP contribution in [-0.4, -0.2) is 47.5 Å². The Morgan fingerprint density at radius 2 is 1.86 bits per heavy atom. The largest absolute Gasteiger partial charge is 0.449 e. The molecule has 1 aliphatic heterocycles. The minimum absolute atomic E-state index is 0.215. The van der Waals surface area contributed by atoms with Gasteiger partial charge in [-0.25, -0.2) is 15.2 Å². The Balaban J connectivity index is 1.47. The van der Waals surface area contributed by atoms with Gasteiger partial charge < -0.3 is 9.64 Å². The van der Waals surface area contributed by atoms with E-state index in [2.05, 4.69) is 20.6 Å². The topological polar surface area (TPSA) is 101 Å². The third kappa shape index (κ3) is 5.21. The lowest BCUT2D eigenvalue weighted by Gasteiger charge is -2.34. The summed E-state index contributed by atoms with van der Waals surface area (Å²) in [5, 5.41) is 2.60. The predicted molar refractivity (Wildman–Crippen MR) is 105 cm³/mol. The van der Waals surface area contributed by atoms with Gasteiger partial charge in [0.1, 0.15) is 5.69 Å². The Kier molecular flexibility index (Phi) is 7.24. The van der Waals surface area contributed by atoms with Crippen LogP contribution in [0.1, 0.15) is 73.3 Å². The number of nitrogens with zero attached hydrogens (tertiary/aromatic N) is 2. The first-order chi connectivity index (χ1) is 13.6. The molecule has 3 rings (SSSR count). The standard InChI is InChI=1S/C19H28N4O4S/c1-2-27-19(26)22-21-16(24)15-12-28-17(20-15)13-8-10-23(11-9-13)18(25)14-6-4-3-5-7-14/h12-14H,2-11H2,1H3,(H,21,24)(H,22,26). The summed E-state index contributed by atoms with van der Waals surface area (Å²) in [5.74, 6) is 0.329. The van der Waals surface area contributed by atoms with Crippen LogP contribution in [0.3, 0.4) is 0 Å². The fourth-order valence-electron chi connectivity index (χ4n) is 3.87. The molecule has 2 aliphatic rings. The summed E-state index contributed by atoms with van der Waals surface area (Å²) >= 11 is 1.45. The van der Waals surface area contributed by atoms with Crippen LogP contribution < -0.4 is 10.9 Å². The molecule has 0 radical (unpaired) electrons. The van der Waals surface area contributed by atoms with Crippen molar-refractivity contribution in [3.05, 3.63) is 16.1 Å². The van der Waals surface area contributed by atoms with Gasteiger partial charge in [0.25, 0.3) is 5.91 Å². The van der Waals surface area contributed by atoms with E-state index in [1.807, 2.05) is 4.90 Å². The summed E-state index contributed by atoms with van der Waals surface area (Å²) in [6, 6.07) is 0. The Bertz CT molecular complexity index is 694. The van der Waals surface area contributed by atoms with E-state index in [1.165, 1.54) is 30.6 Å². The van der Waals surface area contributed by atoms with Crippen molar-refractivity contribution in [3.8, 4) is 0 Å². The van der Waals surface area contributed by atoms with Crippen LogP contribution in [0, 0.1) is 5.92 Å². The molecule has 0 atom stereocenters. The first kappa shape index (κ1) is 20.6. The van der Waals surface area contributed by atoms with E-state index >= 15 is 0 Å². The minimum atomic E-state index is -0.707. The number of carbonyl (C=O) groups is 3. The van der Waals surface area contributed by atoms with Gasteiger partial charge in [-0.1, -0.05) is 19.3 Å². The molecule has 28 heavy (non-hydrogen) atoms. The van der Waals surface area contributed by atoms with Gasteiger partial charge in [0.15, 0.2) is 0 Å². The van der Waals surface area contributed by atoms with Gasteiger partial charge in [-0.3, -0.25) is 15.0 Å². The number of aromatic nitrogens is 1. The van der Waals surface area contributed by atoms with Crippen LogP contribution in [-0.2, 0) is 9.53 Å². The summed E-state index contributed by atoms with van der Waals surface area (Å²) in [6.07, 6.45) is 6.68. The summed E-state index contributed by atoms with van der Waals surface area (Å²) in [5.41, 5.74) is 4.74. The SMILES string of the molecule is CCOC(=O)NNC(=O)c1csc(C2CCN(C(=O)C3CCCCC3)CC2)n1.